The molecule has 0 atom stereocenters. The molecule has 1 aromatic heterocycles. The topological polar surface area (TPSA) is 42.0 Å². The highest BCUT2D eigenvalue weighted by Crippen LogP contribution is 2.07. The first-order chi connectivity index (χ1) is 6.94. The molecule has 1 heterocycles. The van der Waals surface area contributed by atoms with Gasteiger partial charge in [0.15, 0.2) is 0 Å². The average Bonchev–Trinajstić information content (AvgIpc) is 2.17. The van der Waals surface area contributed by atoms with Gasteiger partial charge in [-0.25, -0.2) is 0 Å². The van der Waals surface area contributed by atoms with E-state index >= 15 is 0 Å². The number of carbonyl (C=O) groups excluding carboxylic acids is 1. The van der Waals surface area contributed by atoms with Crippen molar-refractivity contribution >= 4 is 17.5 Å². The number of rotatable bonds is 3. The Kier molecular flexibility index (Phi) is 3.69. The molecule has 0 aliphatic carbocycles. The number of carbonyl (C=O) groups is 1. The molecule has 0 aromatic carbocycles. The predicted octanol–water partition coefficient (Wildman–Crippen LogP) is 2.14. The number of nitrogens with zero attached hydrogens (tertiary/aromatic N) is 1. The van der Waals surface area contributed by atoms with E-state index in [4.69, 9.17) is 11.6 Å². The van der Waals surface area contributed by atoms with Crippen molar-refractivity contribution in [3.63, 3.8) is 0 Å². The molecule has 0 aliphatic rings. The maximum Gasteiger partial charge on any atom is 0.253 e. The van der Waals surface area contributed by atoms with Gasteiger partial charge in [0, 0.05) is 23.8 Å². The van der Waals surface area contributed by atoms with Crippen LogP contribution in [0.25, 0.3) is 0 Å². The monoisotopic (exact) mass is 226 g/mol. The third kappa shape index (κ3) is 3.51. The van der Waals surface area contributed by atoms with Gasteiger partial charge in [-0.2, -0.15) is 0 Å². The summed E-state index contributed by atoms with van der Waals surface area (Å²) in [5.74, 6) is 0.231. The molecule has 0 bridgehead atoms. The zero-order chi connectivity index (χ0) is 11.5. The number of hydrogen-bond acceptors (Lipinski definition) is 2. The standard InChI is InChI=1S/C11H15ClN2O/c1-8-4-9(6-13-5-8)10(15)14-11(2,3)7-12/h4-6H,7H2,1-3H3,(H,14,15). The molecular weight excluding hydrogens is 212 g/mol. The highest BCUT2D eigenvalue weighted by molar-refractivity contribution is 6.18. The van der Waals surface area contributed by atoms with Gasteiger partial charge in [-0.05, 0) is 32.4 Å². The fourth-order valence-corrected chi connectivity index (χ4v) is 1.16. The first-order valence-corrected chi connectivity index (χ1v) is 5.28. The van der Waals surface area contributed by atoms with Crippen LogP contribution < -0.4 is 5.32 Å². The fourth-order valence-electron chi connectivity index (χ4n) is 1.09. The van der Waals surface area contributed by atoms with E-state index in [2.05, 4.69) is 10.3 Å². The van der Waals surface area contributed by atoms with Crippen molar-refractivity contribution in [2.45, 2.75) is 26.3 Å². The van der Waals surface area contributed by atoms with Crippen molar-refractivity contribution in [3.05, 3.63) is 29.6 Å². The van der Waals surface area contributed by atoms with Crippen molar-refractivity contribution in [3.8, 4) is 0 Å². The van der Waals surface area contributed by atoms with Crippen LogP contribution in [-0.4, -0.2) is 22.3 Å². The van der Waals surface area contributed by atoms with Crippen LogP contribution in [0, 0.1) is 6.92 Å². The number of hydrogen-bond donors (Lipinski definition) is 1. The maximum absolute atomic E-state index is 11.8. The normalized spacial score (nSPS) is 11.2. The summed E-state index contributed by atoms with van der Waals surface area (Å²) in [6, 6.07) is 1.80. The summed E-state index contributed by atoms with van der Waals surface area (Å²) in [4.78, 5) is 15.7. The molecule has 1 amide bonds. The van der Waals surface area contributed by atoms with Crippen molar-refractivity contribution in [2.75, 3.05) is 5.88 Å². The van der Waals surface area contributed by atoms with Crippen LogP contribution in [0.4, 0.5) is 0 Å². The van der Waals surface area contributed by atoms with Gasteiger partial charge in [-0.1, -0.05) is 0 Å². The second-order valence-electron chi connectivity index (χ2n) is 4.22. The molecule has 3 nitrogen and oxygen atoms in total. The average molecular weight is 227 g/mol. The van der Waals surface area contributed by atoms with E-state index in [1.807, 2.05) is 20.8 Å². The van der Waals surface area contributed by atoms with Gasteiger partial charge in [0.25, 0.3) is 5.91 Å². The van der Waals surface area contributed by atoms with Gasteiger partial charge < -0.3 is 5.32 Å². The number of alkyl halides is 1. The summed E-state index contributed by atoms with van der Waals surface area (Å²) in [5.41, 5.74) is 1.13. The lowest BCUT2D eigenvalue weighted by molar-refractivity contribution is 0.0920. The first-order valence-electron chi connectivity index (χ1n) is 4.75. The van der Waals surface area contributed by atoms with Crippen molar-refractivity contribution in [2.24, 2.45) is 0 Å². The van der Waals surface area contributed by atoms with Crippen LogP contribution in [0.3, 0.4) is 0 Å². The Morgan fingerprint density at radius 3 is 2.73 bits per heavy atom. The molecule has 82 valence electrons. The lowest BCUT2D eigenvalue weighted by Gasteiger charge is -2.23. The van der Waals surface area contributed by atoms with E-state index in [0.717, 1.165) is 5.56 Å². The minimum atomic E-state index is -0.400. The second-order valence-corrected chi connectivity index (χ2v) is 4.49. The van der Waals surface area contributed by atoms with Gasteiger partial charge >= 0.3 is 0 Å². The molecule has 4 heteroatoms. The third-order valence-corrected chi connectivity index (χ3v) is 2.59. The van der Waals surface area contributed by atoms with Gasteiger partial charge in [0.2, 0.25) is 0 Å². The quantitative estimate of drug-likeness (QED) is 0.803. The smallest absolute Gasteiger partial charge is 0.253 e. The minimum absolute atomic E-state index is 0.142. The molecule has 0 unspecified atom stereocenters. The van der Waals surface area contributed by atoms with E-state index in [-0.39, 0.29) is 5.91 Å². The summed E-state index contributed by atoms with van der Waals surface area (Å²) in [5, 5.41) is 2.84. The zero-order valence-electron chi connectivity index (χ0n) is 9.17. The molecule has 0 aliphatic heterocycles. The van der Waals surface area contributed by atoms with Crippen LogP contribution in [0.1, 0.15) is 29.8 Å². The lowest BCUT2D eigenvalue weighted by Crippen LogP contribution is -2.44. The maximum atomic E-state index is 11.8. The number of halogens is 1. The summed E-state index contributed by atoms with van der Waals surface area (Å²) in [6.45, 7) is 5.65. The summed E-state index contributed by atoms with van der Waals surface area (Å²) in [7, 11) is 0. The number of amides is 1. The van der Waals surface area contributed by atoms with Crippen LogP contribution in [0.15, 0.2) is 18.5 Å². The van der Waals surface area contributed by atoms with E-state index in [1.54, 1.807) is 18.5 Å². The fraction of sp³-hybridized carbons (Fsp3) is 0.455. The molecule has 0 spiro atoms. The third-order valence-electron chi connectivity index (χ3n) is 1.92. The van der Waals surface area contributed by atoms with E-state index in [0.29, 0.717) is 11.4 Å². The molecule has 1 N–H and O–H groups in total. The number of nitrogens with one attached hydrogen (secondary N) is 1. The Bertz CT molecular complexity index is 363. The first kappa shape index (κ1) is 12.0. The Hall–Kier alpha value is -1.09. The second kappa shape index (κ2) is 4.62. The highest BCUT2D eigenvalue weighted by atomic mass is 35.5. The highest BCUT2D eigenvalue weighted by Gasteiger charge is 2.19. The van der Waals surface area contributed by atoms with Gasteiger partial charge in [-0.15, -0.1) is 11.6 Å². The predicted molar refractivity (Wildman–Crippen MR) is 61.2 cm³/mol. The Labute approximate surface area is 94.9 Å². The van der Waals surface area contributed by atoms with Crippen LogP contribution in [-0.2, 0) is 0 Å². The van der Waals surface area contributed by atoms with Crippen molar-refractivity contribution < 1.29 is 4.79 Å². The Balaban J connectivity index is 2.78. The molecule has 0 radical (unpaired) electrons. The summed E-state index contributed by atoms with van der Waals surface area (Å²) < 4.78 is 0. The zero-order valence-corrected chi connectivity index (χ0v) is 9.93. The molecule has 0 saturated carbocycles. The van der Waals surface area contributed by atoms with Gasteiger partial charge in [0.05, 0.1) is 5.56 Å². The van der Waals surface area contributed by atoms with Crippen molar-refractivity contribution in [1.29, 1.82) is 0 Å². The van der Waals surface area contributed by atoms with E-state index in [9.17, 15) is 4.79 Å². The summed E-state index contributed by atoms with van der Waals surface area (Å²) in [6.07, 6.45) is 3.26. The number of aryl methyl sites for hydroxylation is 1. The van der Waals surface area contributed by atoms with E-state index in [1.165, 1.54) is 0 Å². The minimum Gasteiger partial charge on any atom is -0.346 e. The molecule has 1 rings (SSSR count). The molecule has 15 heavy (non-hydrogen) atoms. The van der Waals surface area contributed by atoms with Gasteiger partial charge in [-0.3, -0.25) is 9.78 Å². The molecular formula is C11H15ClN2O. The van der Waals surface area contributed by atoms with Crippen LogP contribution >= 0.6 is 11.6 Å². The molecule has 1 aromatic rings. The van der Waals surface area contributed by atoms with Crippen LogP contribution in [0.2, 0.25) is 0 Å². The Morgan fingerprint density at radius 2 is 2.20 bits per heavy atom. The SMILES string of the molecule is Cc1cncc(C(=O)NC(C)(C)CCl)c1. The van der Waals surface area contributed by atoms with E-state index < -0.39 is 5.54 Å². The van der Waals surface area contributed by atoms with Gasteiger partial charge in [0.1, 0.15) is 0 Å². The van der Waals surface area contributed by atoms with Crippen molar-refractivity contribution in [1.82, 2.24) is 10.3 Å². The summed E-state index contributed by atoms with van der Waals surface area (Å²) >= 11 is 5.73. The number of pyridine rings is 1. The number of aromatic nitrogens is 1. The molecule has 0 fully saturated rings. The largest absolute Gasteiger partial charge is 0.346 e. The molecule has 0 saturated heterocycles. The van der Waals surface area contributed by atoms with Crippen LogP contribution in [0.5, 0.6) is 0 Å². The lowest BCUT2D eigenvalue weighted by atomic mass is 10.1. The Morgan fingerprint density at radius 1 is 1.53 bits per heavy atom.